The molecule has 0 amide bonds. The predicted octanol–water partition coefficient (Wildman–Crippen LogP) is 4.69. The zero-order valence-electron chi connectivity index (χ0n) is 7.05. The number of rotatable bonds is 1. The van der Waals surface area contributed by atoms with Crippen molar-refractivity contribution in [3.63, 3.8) is 0 Å². The van der Waals surface area contributed by atoms with Gasteiger partial charge >= 0.3 is 0 Å². The second-order valence-electron chi connectivity index (χ2n) is 2.92. The van der Waals surface area contributed by atoms with E-state index in [0.717, 1.165) is 19.4 Å². The van der Waals surface area contributed by atoms with Crippen LogP contribution in [0.1, 0.15) is 18.0 Å². The summed E-state index contributed by atoms with van der Waals surface area (Å²) in [6.45, 7) is 1.57. The first-order valence-corrected chi connectivity index (χ1v) is 5.61. The Morgan fingerprint density at radius 1 is 1.46 bits per heavy atom. The molecule has 1 unspecified atom stereocenters. The van der Waals surface area contributed by atoms with Crippen molar-refractivity contribution >= 4 is 37.4 Å². The van der Waals surface area contributed by atoms with Gasteiger partial charge in [-0.05, 0) is 25.1 Å². The van der Waals surface area contributed by atoms with Crippen LogP contribution < -0.4 is 0 Å². The van der Waals surface area contributed by atoms with Crippen molar-refractivity contribution in [2.24, 2.45) is 0 Å². The summed E-state index contributed by atoms with van der Waals surface area (Å²) in [5, 5.41) is 1.10. The molecule has 0 aliphatic heterocycles. The molecule has 0 N–H and O–H groups in total. The first-order chi connectivity index (χ1) is 6.18. The number of thiophene rings is 1. The Morgan fingerprint density at radius 2 is 2.23 bits per heavy atom. The molecule has 68 valence electrons. The molecule has 0 bridgehead atoms. The fraction of sp³-hybridized carbons (Fsp3) is 0.200. The van der Waals surface area contributed by atoms with Gasteiger partial charge in [0.2, 0.25) is 0 Å². The van der Waals surface area contributed by atoms with Gasteiger partial charge in [0, 0.05) is 19.4 Å². The highest BCUT2D eigenvalue weighted by atomic mass is 79.9. The lowest BCUT2D eigenvalue weighted by Gasteiger charge is -1.92. The number of hydrogen-bond acceptors (Lipinski definition) is 1. The van der Waals surface area contributed by atoms with Gasteiger partial charge < -0.3 is 0 Å². The zero-order valence-corrected chi connectivity index (χ0v) is 9.45. The van der Waals surface area contributed by atoms with Crippen molar-refractivity contribution in [1.82, 2.24) is 0 Å². The van der Waals surface area contributed by atoms with Gasteiger partial charge in [-0.1, -0.05) is 22.0 Å². The standard InChI is InChI=1S/C10H8BrFS/c1-6(12)10-5-7-8(11)3-2-4-9(7)13-10/h2-6H,1H3. The fourth-order valence-corrected chi connectivity index (χ4v) is 2.87. The van der Waals surface area contributed by atoms with E-state index < -0.39 is 6.17 Å². The van der Waals surface area contributed by atoms with Gasteiger partial charge in [0.25, 0.3) is 0 Å². The van der Waals surface area contributed by atoms with Crippen LogP contribution in [0.2, 0.25) is 0 Å². The lowest BCUT2D eigenvalue weighted by Crippen LogP contribution is -1.75. The van der Waals surface area contributed by atoms with Gasteiger partial charge in [0.05, 0.1) is 0 Å². The van der Waals surface area contributed by atoms with E-state index in [1.54, 1.807) is 6.92 Å². The predicted molar refractivity (Wildman–Crippen MR) is 59.0 cm³/mol. The molecule has 2 aromatic rings. The zero-order chi connectivity index (χ0) is 9.42. The Labute approximate surface area is 88.5 Å². The molecule has 1 aromatic heterocycles. The summed E-state index contributed by atoms with van der Waals surface area (Å²) in [4.78, 5) is 0.793. The average Bonchev–Trinajstić information content (AvgIpc) is 2.49. The Hall–Kier alpha value is -0.410. The van der Waals surface area contributed by atoms with Crippen molar-refractivity contribution in [3.8, 4) is 0 Å². The average molecular weight is 259 g/mol. The minimum Gasteiger partial charge on any atom is -0.242 e. The molecule has 0 aliphatic carbocycles. The van der Waals surface area contributed by atoms with Crippen LogP contribution in [0.25, 0.3) is 10.1 Å². The lowest BCUT2D eigenvalue weighted by atomic mass is 10.2. The third kappa shape index (κ3) is 1.63. The molecule has 1 atom stereocenters. The van der Waals surface area contributed by atoms with Crippen LogP contribution in [-0.4, -0.2) is 0 Å². The van der Waals surface area contributed by atoms with Gasteiger partial charge in [-0.25, -0.2) is 4.39 Å². The highest BCUT2D eigenvalue weighted by Gasteiger charge is 2.08. The summed E-state index contributed by atoms with van der Waals surface area (Å²) in [7, 11) is 0. The molecule has 0 aliphatic rings. The van der Waals surface area contributed by atoms with Crippen molar-refractivity contribution in [3.05, 3.63) is 33.6 Å². The minimum atomic E-state index is -0.871. The van der Waals surface area contributed by atoms with Gasteiger partial charge in [0.1, 0.15) is 6.17 Å². The molecular formula is C10H8BrFS. The molecule has 0 fully saturated rings. The number of alkyl halides is 1. The van der Waals surface area contributed by atoms with E-state index in [9.17, 15) is 4.39 Å². The number of fused-ring (bicyclic) bond motifs is 1. The fourth-order valence-electron chi connectivity index (χ4n) is 1.24. The van der Waals surface area contributed by atoms with E-state index in [1.165, 1.54) is 11.3 Å². The lowest BCUT2D eigenvalue weighted by molar-refractivity contribution is 0.380. The summed E-state index contributed by atoms with van der Waals surface area (Å²) in [6.07, 6.45) is -0.871. The number of benzene rings is 1. The van der Waals surface area contributed by atoms with E-state index in [0.29, 0.717) is 0 Å². The summed E-state index contributed by atoms with van der Waals surface area (Å²) >= 11 is 4.96. The Bertz CT molecular complexity index is 433. The molecule has 0 radical (unpaired) electrons. The van der Waals surface area contributed by atoms with Gasteiger partial charge in [-0.3, -0.25) is 0 Å². The molecule has 13 heavy (non-hydrogen) atoms. The van der Waals surface area contributed by atoms with Crippen LogP contribution in [0.3, 0.4) is 0 Å². The minimum absolute atomic E-state index is 0.793. The van der Waals surface area contributed by atoms with Crippen LogP contribution in [-0.2, 0) is 0 Å². The van der Waals surface area contributed by atoms with Gasteiger partial charge in [-0.2, -0.15) is 0 Å². The normalized spacial score (nSPS) is 13.5. The molecule has 1 heterocycles. The monoisotopic (exact) mass is 258 g/mol. The van der Waals surface area contributed by atoms with Crippen LogP contribution in [0, 0.1) is 0 Å². The third-order valence-corrected chi connectivity index (χ3v) is 3.87. The third-order valence-electron chi connectivity index (χ3n) is 1.92. The van der Waals surface area contributed by atoms with E-state index >= 15 is 0 Å². The maximum atomic E-state index is 13.0. The first kappa shape index (κ1) is 9.16. The van der Waals surface area contributed by atoms with Crippen LogP contribution >= 0.6 is 27.3 Å². The smallest absolute Gasteiger partial charge is 0.131 e. The first-order valence-electron chi connectivity index (χ1n) is 4.00. The van der Waals surface area contributed by atoms with Crippen LogP contribution in [0.4, 0.5) is 4.39 Å². The second-order valence-corrected chi connectivity index (χ2v) is 4.89. The molecular weight excluding hydrogens is 251 g/mol. The quantitative estimate of drug-likeness (QED) is 0.696. The van der Waals surface area contributed by atoms with E-state index in [2.05, 4.69) is 15.9 Å². The van der Waals surface area contributed by atoms with Crippen LogP contribution in [0.15, 0.2) is 28.7 Å². The highest BCUT2D eigenvalue weighted by molar-refractivity contribution is 9.10. The Balaban J connectivity index is 2.68. The maximum absolute atomic E-state index is 13.0. The summed E-state index contributed by atoms with van der Waals surface area (Å²) < 4.78 is 15.2. The van der Waals surface area contributed by atoms with Crippen molar-refractivity contribution in [2.45, 2.75) is 13.1 Å². The molecule has 0 saturated carbocycles. The van der Waals surface area contributed by atoms with Gasteiger partial charge in [-0.15, -0.1) is 11.3 Å². The summed E-state index contributed by atoms with van der Waals surface area (Å²) in [5.41, 5.74) is 0. The molecule has 0 saturated heterocycles. The number of hydrogen-bond donors (Lipinski definition) is 0. The largest absolute Gasteiger partial charge is 0.242 e. The van der Waals surface area contributed by atoms with Crippen molar-refractivity contribution in [1.29, 1.82) is 0 Å². The maximum Gasteiger partial charge on any atom is 0.131 e. The van der Waals surface area contributed by atoms with Crippen LogP contribution in [0.5, 0.6) is 0 Å². The SMILES string of the molecule is CC(F)c1cc2c(Br)cccc2s1. The van der Waals surface area contributed by atoms with Crippen molar-refractivity contribution < 1.29 is 4.39 Å². The summed E-state index contributed by atoms with van der Waals surface area (Å²) in [5.74, 6) is 0. The molecule has 2 rings (SSSR count). The molecule has 1 aromatic carbocycles. The Morgan fingerprint density at radius 3 is 2.85 bits per heavy atom. The molecule has 0 nitrogen and oxygen atoms in total. The van der Waals surface area contributed by atoms with E-state index in [4.69, 9.17) is 0 Å². The number of halogens is 2. The van der Waals surface area contributed by atoms with Crippen molar-refractivity contribution in [2.75, 3.05) is 0 Å². The molecule has 0 spiro atoms. The Kier molecular flexibility index (Phi) is 2.39. The second kappa shape index (κ2) is 3.39. The summed E-state index contributed by atoms with van der Waals surface area (Å²) in [6, 6.07) is 7.86. The highest BCUT2D eigenvalue weighted by Crippen LogP contribution is 2.34. The molecule has 3 heteroatoms. The van der Waals surface area contributed by atoms with Gasteiger partial charge in [0.15, 0.2) is 0 Å². The topological polar surface area (TPSA) is 0 Å². The van der Waals surface area contributed by atoms with E-state index in [1.807, 2.05) is 24.3 Å². The van der Waals surface area contributed by atoms with E-state index in [-0.39, 0.29) is 0 Å².